The van der Waals surface area contributed by atoms with Crippen molar-refractivity contribution < 1.29 is 13.6 Å². The molecule has 4 nitrogen and oxygen atoms in total. The van der Waals surface area contributed by atoms with E-state index in [0.717, 1.165) is 34.6 Å². The molecule has 0 aliphatic carbocycles. The van der Waals surface area contributed by atoms with Gasteiger partial charge < -0.3 is 5.32 Å². The van der Waals surface area contributed by atoms with Gasteiger partial charge in [-0.1, -0.05) is 41.9 Å². The highest BCUT2D eigenvalue weighted by Gasteiger charge is 2.10. The number of aromatic nitrogens is 2. The minimum absolute atomic E-state index is 0.0988. The van der Waals surface area contributed by atoms with Gasteiger partial charge in [-0.05, 0) is 53.6 Å². The Hall–Kier alpha value is -3.51. The van der Waals surface area contributed by atoms with Crippen LogP contribution in [0.3, 0.4) is 0 Å². The molecule has 0 saturated carbocycles. The van der Waals surface area contributed by atoms with Gasteiger partial charge in [0.25, 0.3) is 5.91 Å². The maximum atomic E-state index is 13.3. The van der Waals surface area contributed by atoms with Crippen molar-refractivity contribution in [3.05, 3.63) is 101 Å². The third-order valence-electron chi connectivity index (χ3n) is 4.61. The number of rotatable bonds is 5. The SMILES string of the molecule is O=C(NCc1ccc(F)c(F)c1)c1ccc(-c2cc(-c3ccc(Cl)cc3)[nH]n2)cc1. The number of carbonyl (C=O) groups is 1. The Balaban J connectivity index is 1.43. The lowest BCUT2D eigenvalue weighted by atomic mass is 10.1. The number of H-pyrrole nitrogens is 1. The summed E-state index contributed by atoms with van der Waals surface area (Å²) >= 11 is 5.92. The second kappa shape index (κ2) is 8.47. The van der Waals surface area contributed by atoms with Crippen LogP contribution in [0.15, 0.2) is 72.8 Å². The Morgan fingerprint density at radius 3 is 2.30 bits per heavy atom. The van der Waals surface area contributed by atoms with Gasteiger partial charge >= 0.3 is 0 Å². The van der Waals surface area contributed by atoms with E-state index in [4.69, 9.17) is 11.6 Å². The fourth-order valence-electron chi connectivity index (χ4n) is 2.97. The van der Waals surface area contributed by atoms with Gasteiger partial charge in [0.2, 0.25) is 0 Å². The van der Waals surface area contributed by atoms with E-state index in [-0.39, 0.29) is 12.5 Å². The van der Waals surface area contributed by atoms with Crippen molar-refractivity contribution in [2.75, 3.05) is 0 Å². The standard InChI is InChI=1S/C23H16ClF2N3O/c24-18-8-6-16(7-9-18)22-12-21(28-29-22)15-2-4-17(5-3-15)23(30)27-13-14-1-10-19(25)20(26)11-14/h1-12H,13H2,(H,27,30)(H,28,29). The predicted molar refractivity (Wildman–Crippen MR) is 112 cm³/mol. The highest BCUT2D eigenvalue weighted by atomic mass is 35.5. The van der Waals surface area contributed by atoms with Gasteiger partial charge in [-0.15, -0.1) is 0 Å². The topological polar surface area (TPSA) is 57.8 Å². The van der Waals surface area contributed by atoms with Crippen LogP contribution in [0.25, 0.3) is 22.5 Å². The van der Waals surface area contributed by atoms with Crippen molar-refractivity contribution in [1.82, 2.24) is 15.5 Å². The molecule has 0 aliphatic rings. The zero-order chi connectivity index (χ0) is 21.1. The van der Waals surface area contributed by atoms with Crippen molar-refractivity contribution in [2.45, 2.75) is 6.54 Å². The normalized spacial score (nSPS) is 10.8. The lowest BCUT2D eigenvalue weighted by Gasteiger charge is -2.06. The molecule has 0 spiro atoms. The number of hydrogen-bond acceptors (Lipinski definition) is 2. The first-order valence-corrected chi connectivity index (χ1v) is 9.51. The summed E-state index contributed by atoms with van der Waals surface area (Å²) in [5, 5.41) is 10.7. The Bertz CT molecular complexity index is 1190. The molecular weight excluding hydrogens is 408 g/mol. The van der Waals surface area contributed by atoms with Crippen LogP contribution in [0.5, 0.6) is 0 Å². The first kappa shape index (κ1) is 19.8. The van der Waals surface area contributed by atoms with Crippen LogP contribution >= 0.6 is 11.6 Å². The highest BCUT2D eigenvalue weighted by molar-refractivity contribution is 6.30. The van der Waals surface area contributed by atoms with Crippen LogP contribution < -0.4 is 5.32 Å². The molecule has 4 aromatic rings. The van der Waals surface area contributed by atoms with Crippen molar-refractivity contribution in [3.8, 4) is 22.5 Å². The maximum absolute atomic E-state index is 13.3. The molecule has 0 bridgehead atoms. The van der Waals surface area contributed by atoms with Gasteiger partial charge in [0.05, 0.1) is 11.4 Å². The monoisotopic (exact) mass is 423 g/mol. The molecule has 0 saturated heterocycles. The number of nitrogens with one attached hydrogen (secondary N) is 2. The van der Waals surface area contributed by atoms with Crippen molar-refractivity contribution in [2.24, 2.45) is 0 Å². The van der Waals surface area contributed by atoms with E-state index in [1.54, 1.807) is 24.3 Å². The highest BCUT2D eigenvalue weighted by Crippen LogP contribution is 2.25. The number of amides is 1. The molecule has 7 heteroatoms. The van der Waals surface area contributed by atoms with Crippen molar-refractivity contribution in [1.29, 1.82) is 0 Å². The van der Waals surface area contributed by atoms with Crippen LogP contribution in [0, 0.1) is 11.6 Å². The van der Waals surface area contributed by atoms with Gasteiger partial charge in [-0.3, -0.25) is 9.89 Å². The lowest BCUT2D eigenvalue weighted by molar-refractivity contribution is 0.0951. The van der Waals surface area contributed by atoms with Crippen LogP contribution in [-0.4, -0.2) is 16.1 Å². The summed E-state index contributed by atoms with van der Waals surface area (Å²) in [6.07, 6.45) is 0. The van der Waals surface area contributed by atoms with Crippen LogP contribution in [0.2, 0.25) is 5.02 Å². The second-order valence-electron chi connectivity index (χ2n) is 6.68. The summed E-state index contributed by atoms with van der Waals surface area (Å²) in [5.74, 6) is -2.17. The summed E-state index contributed by atoms with van der Waals surface area (Å²) in [7, 11) is 0. The Labute approximate surface area is 176 Å². The first-order chi connectivity index (χ1) is 14.5. The Kier molecular flexibility index (Phi) is 5.59. The third-order valence-corrected chi connectivity index (χ3v) is 4.86. The predicted octanol–water partition coefficient (Wildman–Crippen LogP) is 5.61. The van der Waals surface area contributed by atoms with Gasteiger partial charge in [-0.25, -0.2) is 8.78 Å². The molecule has 0 aliphatic heterocycles. The fourth-order valence-corrected chi connectivity index (χ4v) is 3.10. The number of carbonyl (C=O) groups excluding carboxylic acids is 1. The molecule has 0 radical (unpaired) electrons. The van der Waals surface area contributed by atoms with Crippen molar-refractivity contribution >= 4 is 17.5 Å². The van der Waals surface area contributed by atoms with E-state index in [1.807, 2.05) is 30.3 Å². The molecule has 0 atom stereocenters. The number of hydrogen-bond donors (Lipinski definition) is 2. The van der Waals surface area contributed by atoms with E-state index in [1.165, 1.54) is 6.07 Å². The fraction of sp³-hybridized carbons (Fsp3) is 0.0435. The average Bonchev–Trinajstić information content (AvgIpc) is 3.25. The zero-order valence-electron chi connectivity index (χ0n) is 15.6. The smallest absolute Gasteiger partial charge is 0.251 e. The van der Waals surface area contributed by atoms with E-state index in [0.29, 0.717) is 16.1 Å². The number of aromatic amines is 1. The summed E-state index contributed by atoms with van der Waals surface area (Å²) in [6.45, 7) is 0.0988. The quantitative estimate of drug-likeness (QED) is 0.438. The molecule has 1 amide bonds. The molecule has 1 aromatic heterocycles. The summed E-state index contributed by atoms with van der Waals surface area (Å²) < 4.78 is 26.2. The maximum Gasteiger partial charge on any atom is 0.251 e. The van der Waals surface area contributed by atoms with Crippen LogP contribution in [0.1, 0.15) is 15.9 Å². The first-order valence-electron chi connectivity index (χ1n) is 9.13. The molecule has 3 aromatic carbocycles. The summed E-state index contributed by atoms with van der Waals surface area (Å²) in [4.78, 5) is 12.3. The third kappa shape index (κ3) is 4.39. The lowest BCUT2D eigenvalue weighted by Crippen LogP contribution is -2.22. The number of benzene rings is 3. The average molecular weight is 424 g/mol. The van der Waals surface area contributed by atoms with Gasteiger partial charge in [-0.2, -0.15) is 5.10 Å². The minimum Gasteiger partial charge on any atom is -0.348 e. The zero-order valence-corrected chi connectivity index (χ0v) is 16.4. The molecule has 0 unspecified atom stereocenters. The van der Waals surface area contributed by atoms with E-state index >= 15 is 0 Å². The molecule has 150 valence electrons. The second-order valence-corrected chi connectivity index (χ2v) is 7.12. The van der Waals surface area contributed by atoms with E-state index in [9.17, 15) is 13.6 Å². The van der Waals surface area contributed by atoms with Crippen LogP contribution in [0.4, 0.5) is 8.78 Å². The molecule has 0 fully saturated rings. The van der Waals surface area contributed by atoms with Crippen LogP contribution in [-0.2, 0) is 6.54 Å². The summed E-state index contributed by atoms with van der Waals surface area (Å²) in [5.41, 5.74) is 4.35. The Morgan fingerprint density at radius 2 is 1.60 bits per heavy atom. The molecule has 30 heavy (non-hydrogen) atoms. The molecule has 4 rings (SSSR count). The summed E-state index contributed by atoms with van der Waals surface area (Å²) in [6, 6.07) is 19.8. The molecule has 2 N–H and O–H groups in total. The van der Waals surface area contributed by atoms with Gasteiger partial charge in [0.1, 0.15) is 0 Å². The minimum atomic E-state index is -0.942. The van der Waals surface area contributed by atoms with Crippen molar-refractivity contribution in [3.63, 3.8) is 0 Å². The van der Waals surface area contributed by atoms with E-state index in [2.05, 4.69) is 15.5 Å². The number of nitrogens with zero attached hydrogens (tertiary/aromatic N) is 1. The van der Waals surface area contributed by atoms with E-state index < -0.39 is 11.6 Å². The Morgan fingerprint density at radius 1 is 0.900 bits per heavy atom. The number of halogens is 3. The van der Waals surface area contributed by atoms with Gasteiger partial charge in [0, 0.05) is 22.7 Å². The molecule has 1 heterocycles. The largest absolute Gasteiger partial charge is 0.348 e. The molecular formula is C23H16ClF2N3O. The van der Waals surface area contributed by atoms with Gasteiger partial charge in [0.15, 0.2) is 11.6 Å².